The molecule has 1 aromatic carbocycles. The van der Waals surface area contributed by atoms with Gasteiger partial charge >= 0.3 is 6.18 Å². The quantitative estimate of drug-likeness (QED) is 0.829. The van der Waals surface area contributed by atoms with Gasteiger partial charge in [-0.25, -0.2) is 4.98 Å². The van der Waals surface area contributed by atoms with Crippen molar-refractivity contribution in [2.75, 3.05) is 26.3 Å². The highest BCUT2D eigenvalue weighted by molar-refractivity contribution is 5.97. The number of fused-ring (bicyclic) bond motifs is 1. The SMILES string of the molecule is O=C(c1ccc2nc(C(F)(F)F)[nH]c2c1)N1CCOCC(O)C1. The van der Waals surface area contributed by atoms with E-state index >= 15 is 0 Å². The number of benzene rings is 1. The zero-order valence-electron chi connectivity index (χ0n) is 11.9. The van der Waals surface area contributed by atoms with Crippen LogP contribution in [0.5, 0.6) is 0 Å². The van der Waals surface area contributed by atoms with Gasteiger partial charge in [0.1, 0.15) is 0 Å². The number of aliphatic hydroxyl groups is 1. The Labute approximate surface area is 128 Å². The summed E-state index contributed by atoms with van der Waals surface area (Å²) in [6, 6.07) is 4.11. The van der Waals surface area contributed by atoms with Crippen LogP contribution in [0.2, 0.25) is 0 Å². The Balaban J connectivity index is 1.88. The number of β-amino-alcohol motifs (C(OH)–C–C–N with tert-alkyl or cyclic N) is 1. The molecule has 0 spiro atoms. The van der Waals surface area contributed by atoms with Crippen LogP contribution in [0.4, 0.5) is 13.2 Å². The lowest BCUT2D eigenvalue weighted by atomic mass is 10.1. The predicted octanol–water partition coefficient (Wildman–Crippen LogP) is 1.41. The summed E-state index contributed by atoms with van der Waals surface area (Å²) in [5.74, 6) is -1.48. The summed E-state index contributed by atoms with van der Waals surface area (Å²) in [6.45, 7) is 0.879. The Kier molecular flexibility index (Phi) is 3.99. The van der Waals surface area contributed by atoms with Gasteiger partial charge in [0.15, 0.2) is 0 Å². The first-order valence-corrected chi connectivity index (χ1v) is 6.96. The number of halogens is 3. The number of ether oxygens (including phenoxy) is 1. The van der Waals surface area contributed by atoms with Gasteiger partial charge in [0.2, 0.25) is 5.82 Å². The number of aromatic nitrogens is 2. The molecule has 0 saturated carbocycles. The maximum Gasteiger partial charge on any atom is 0.449 e. The van der Waals surface area contributed by atoms with Gasteiger partial charge in [-0.3, -0.25) is 4.79 Å². The van der Waals surface area contributed by atoms with Crippen LogP contribution < -0.4 is 0 Å². The summed E-state index contributed by atoms with van der Waals surface area (Å²) in [5.41, 5.74) is 0.492. The van der Waals surface area contributed by atoms with Crippen molar-refractivity contribution in [3.63, 3.8) is 0 Å². The van der Waals surface area contributed by atoms with E-state index in [4.69, 9.17) is 4.74 Å². The standard InChI is InChI=1S/C14H14F3N3O3/c15-14(16,17)13-18-10-2-1-8(5-11(10)19-13)12(22)20-3-4-23-7-9(21)6-20/h1-2,5,9,21H,3-4,6-7H2,(H,18,19). The van der Waals surface area contributed by atoms with Gasteiger partial charge < -0.3 is 19.7 Å². The van der Waals surface area contributed by atoms with Crippen molar-refractivity contribution >= 4 is 16.9 Å². The highest BCUT2D eigenvalue weighted by Gasteiger charge is 2.34. The Bertz CT molecular complexity index is 729. The summed E-state index contributed by atoms with van der Waals surface area (Å²) < 4.78 is 43.1. The Hall–Kier alpha value is -2.13. The first kappa shape index (κ1) is 15.8. The van der Waals surface area contributed by atoms with E-state index < -0.39 is 18.1 Å². The van der Waals surface area contributed by atoms with Crippen LogP contribution in [0.25, 0.3) is 11.0 Å². The fourth-order valence-electron chi connectivity index (χ4n) is 2.44. The number of H-pyrrole nitrogens is 1. The molecule has 0 aliphatic carbocycles. The van der Waals surface area contributed by atoms with Crippen molar-refractivity contribution in [1.82, 2.24) is 14.9 Å². The lowest BCUT2D eigenvalue weighted by Crippen LogP contribution is -2.37. The van der Waals surface area contributed by atoms with E-state index in [9.17, 15) is 23.1 Å². The number of alkyl halides is 3. The highest BCUT2D eigenvalue weighted by atomic mass is 19.4. The van der Waals surface area contributed by atoms with Crippen molar-refractivity contribution in [3.05, 3.63) is 29.6 Å². The summed E-state index contributed by atoms with van der Waals surface area (Å²) in [6.07, 6.45) is -5.36. The summed E-state index contributed by atoms with van der Waals surface area (Å²) in [4.78, 5) is 19.5. The zero-order valence-corrected chi connectivity index (χ0v) is 11.9. The second-order valence-corrected chi connectivity index (χ2v) is 5.30. The number of carbonyl (C=O) groups excluding carboxylic acids is 1. The molecule has 2 heterocycles. The van der Waals surface area contributed by atoms with Crippen molar-refractivity contribution < 1.29 is 27.8 Å². The van der Waals surface area contributed by atoms with Gasteiger partial charge in [-0.05, 0) is 18.2 Å². The zero-order chi connectivity index (χ0) is 16.6. The number of aromatic amines is 1. The van der Waals surface area contributed by atoms with Gasteiger partial charge in [0, 0.05) is 18.7 Å². The molecule has 6 nitrogen and oxygen atoms in total. The van der Waals surface area contributed by atoms with Gasteiger partial charge in [0.25, 0.3) is 5.91 Å². The second-order valence-electron chi connectivity index (χ2n) is 5.30. The van der Waals surface area contributed by atoms with E-state index in [1.54, 1.807) is 0 Å². The monoisotopic (exact) mass is 329 g/mol. The molecule has 1 fully saturated rings. The molecule has 1 atom stereocenters. The lowest BCUT2D eigenvalue weighted by Gasteiger charge is -2.21. The Morgan fingerprint density at radius 2 is 2.22 bits per heavy atom. The second kappa shape index (κ2) is 5.82. The topological polar surface area (TPSA) is 78.5 Å². The van der Waals surface area contributed by atoms with Crippen LogP contribution in [0, 0.1) is 0 Å². The molecule has 1 aromatic heterocycles. The van der Waals surface area contributed by atoms with E-state index in [0.717, 1.165) is 0 Å². The molecule has 2 aromatic rings. The number of nitrogens with zero attached hydrogens (tertiary/aromatic N) is 2. The molecule has 1 amide bonds. The van der Waals surface area contributed by atoms with Crippen LogP contribution >= 0.6 is 0 Å². The molecular formula is C14H14F3N3O3. The summed E-state index contributed by atoms with van der Waals surface area (Å²) in [5, 5.41) is 9.66. The average Bonchev–Trinajstić information content (AvgIpc) is 2.81. The summed E-state index contributed by atoms with van der Waals surface area (Å²) >= 11 is 0. The van der Waals surface area contributed by atoms with Crippen LogP contribution in [-0.2, 0) is 10.9 Å². The van der Waals surface area contributed by atoms with Crippen molar-refractivity contribution in [2.45, 2.75) is 12.3 Å². The molecule has 0 bridgehead atoms. The molecular weight excluding hydrogens is 315 g/mol. The van der Waals surface area contributed by atoms with E-state index in [0.29, 0.717) is 13.2 Å². The van der Waals surface area contributed by atoms with Crippen LogP contribution in [0.15, 0.2) is 18.2 Å². The Morgan fingerprint density at radius 3 is 2.96 bits per heavy atom. The number of imidazole rings is 1. The van der Waals surface area contributed by atoms with Crippen LogP contribution in [0.1, 0.15) is 16.2 Å². The Morgan fingerprint density at radius 1 is 1.43 bits per heavy atom. The summed E-state index contributed by atoms with van der Waals surface area (Å²) in [7, 11) is 0. The third kappa shape index (κ3) is 3.30. The largest absolute Gasteiger partial charge is 0.449 e. The van der Waals surface area contributed by atoms with Gasteiger partial charge in [-0.15, -0.1) is 0 Å². The van der Waals surface area contributed by atoms with Crippen LogP contribution in [0.3, 0.4) is 0 Å². The third-order valence-corrected chi connectivity index (χ3v) is 3.53. The third-order valence-electron chi connectivity index (χ3n) is 3.53. The molecule has 1 aliphatic heterocycles. The van der Waals surface area contributed by atoms with Gasteiger partial charge in [-0.2, -0.15) is 13.2 Å². The first-order valence-electron chi connectivity index (χ1n) is 6.96. The highest BCUT2D eigenvalue weighted by Crippen LogP contribution is 2.28. The molecule has 23 heavy (non-hydrogen) atoms. The predicted molar refractivity (Wildman–Crippen MR) is 73.8 cm³/mol. The fourth-order valence-corrected chi connectivity index (χ4v) is 2.44. The minimum Gasteiger partial charge on any atom is -0.389 e. The first-order chi connectivity index (χ1) is 10.8. The number of rotatable bonds is 1. The van der Waals surface area contributed by atoms with E-state index in [2.05, 4.69) is 9.97 Å². The van der Waals surface area contributed by atoms with E-state index in [1.165, 1.54) is 23.1 Å². The molecule has 124 valence electrons. The van der Waals surface area contributed by atoms with Crippen molar-refractivity contribution in [1.29, 1.82) is 0 Å². The number of nitrogens with one attached hydrogen (secondary N) is 1. The van der Waals surface area contributed by atoms with E-state index in [1.807, 2.05) is 0 Å². The van der Waals surface area contributed by atoms with E-state index in [-0.39, 0.29) is 35.7 Å². The van der Waals surface area contributed by atoms with Crippen molar-refractivity contribution in [3.8, 4) is 0 Å². The average molecular weight is 329 g/mol. The molecule has 3 rings (SSSR count). The molecule has 1 saturated heterocycles. The number of aliphatic hydroxyl groups excluding tert-OH is 1. The van der Waals surface area contributed by atoms with Crippen LogP contribution in [-0.4, -0.2) is 58.3 Å². The minimum atomic E-state index is -4.57. The molecule has 0 radical (unpaired) electrons. The minimum absolute atomic E-state index is 0.119. The number of carbonyl (C=O) groups is 1. The number of amides is 1. The smallest absolute Gasteiger partial charge is 0.389 e. The van der Waals surface area contributed by atoms with Crippen molar-refractivity contribution in [2.24, 2.45) is 0 Å². The number of hydrogen-bond donors (Lipinski definition) is 2. The molecule has 2 N–H and O–H groups in total. The van der Waals surface area contributed by atoms with Gasteiger partial charge in [-0.1, -0.05) is 0 Å². The molecule has 1 unspecified atom stereocenters. The van der Waals surface area contributed by atoms with Gasteiger partial charge in [0.05, 0.1) is 30.4 Å². The fraction of sp³-hybridized carbons (Fsp3) is 0.429. The normalized spacial score (nSPS) is 19.8. The molecule has 1 aliphatic rings. The number of hydrogen-bond acceptors (Lipinski definition) is 4. The lowest BCUT2D eigenvalue weighted by molar-refractivity contribution is -0.144. The molecule has 9 heteroatoms. The maximum absolute atomic E-state index is 12.7. The maximum atomic E-state index is 12.7.